The van der Waals surface area contributed by atoms with Crippen LogP contribution in [0.5, 0.6) is 0 Å². The molecule has 0 radical (unpaired) electrons. The third-order valence-electron chi connectivity index (χ3n) is 1.37. The minimum Gasteiger partial charge on any atom is -0.388 e. The summed E-state index contributed by atoms with van der Waals surface area (Å²) in [6, 6.07) is 0.127. The first-order valence-corrected chi connectivity index (χ1v) is 4.51. The molecule has 0 fully saturated rings. The van der Waals surface area contributed by atoms with E-state index in [-0.39, 0.29) is 6.04 Å². The monoisotopic (exact) mass is 176 g/mol. The van der Waals surface area contributed by atoms with Gasteiger partial charge in [-0.25, -0.2) is 0 Å². The Hall–Kier alpha value is -0.160. The lowest BCUT2D eigenvalue weighted by Gasteiger charge is -2.16. The number of hydrazine groups is 1. The maximum atomic E-state index is 9.24. The van der Waals surface area contributed by atoms with Crippen LogP contribution in [0.15, 0.2) is 0 Å². The smallest absolute Gasteiger partial charge is 0.0831 e. The summed E-state index contributed by atoms with van der Waals surface area (Å²) in [6.45, 7) is 3.71. The zero-order chi connectivity index (χ0) is 8.85. The lowest BCUT2D eigenvalue weighted by atomic mass is 10.2. The molecule has 4 heteroatoms. The third kappa shape index (κ3) is 3.67. The molecule has 0 saturated heterocycles. The van der Waals surface area contributed by atoms with E-state index in [2.05, 4.69) is 16.7 Å². The molecule has 2 unspecified atom stereocenters. The van der Waals surface area contributed by atoms with Gasteiger partial charge in [0.15, 0.2) is 0 Å². The van der Waals surface area contributed by atoms with E-state index in [1.807, 2.05) is 6.92 Å². The fourth-order valence-corrected chi connectivity index (χ4v) is 1.45. The van der Waals surface area contributed by atoms with Crippen LogP contribution in [0.25, 0.3) is 0 Å². The van der Waals surface area contributed by atoms with Crippen molar-refractivity contribution in [3.05, 3.63) is 0 Å². The molecule has 3 nitrogen and oxygen atoms in total. The Bertz CT molecular complexity index is 164. The van der Waals surface area contributed by atoms with Gasteiger partial charge >= 0.3 is 0 Å². The van der Waals surface area contributed by atoms with Gasteiger partial charge in [0.05, 0.1) is 12.1 Å². The van der Waals surface area contributed by atoms with Crippen LogP contribution in [0, 0.1) is 0 Å². The highest BCUT2D eigenvalue weighted by atomic mass is 32.1. The average molecular weight is 176 g/mol. The van der Waals surface area contributed by atoms with Crippen molar-refractivity contribution < 1.29 is 5.11 Å². The summed E-state index contributed by atoms with van der Waals surface area (Å²) < 4.78 is 0. The van der Waals surface area contributed by atoms with E-state index in [1.54, 1.807) is 14.0 Å². The van der Waals surface area contributed by atoms with Crippen LogP contribution < -0.4 is 10.9 Å². The topological polar surface area (TPSA) is 44.3 Å². The highest BCUT2D eigenvalue weighted by molar-refractivity contribution is 7.96. The van der Waals surface area contributed by atoms with Gasteiger partial charge in [-0.05, 0) is 26.8 Å². The zero-order valence-corrected chi connectivity index (χ0v) is 8.03. The molecule has 0 bridgehead atoms. The van der Waals surface area contributed by atoms with Crippen LogP contribution in [0.2, 0.25) is 0 Å². The molecular weight excluding hydrogens is 160 g/mol. The first-order chi connectivity index (χ1) is 5.13. The van der Waals surface area contributed by atoms with Gasteiger partial charge in [0, 0.05) is 4.86 Å². The highest BCUT2D eigenvalue weighted by Gasteiger charge is 2.11. The van der Waals surface area contributed by atoms with Crippen LogP contribution in [-0.2, 0) is 0 Å². The van der Waals surface area contributed by atoms with Gasteiger partial charge in [-0.1, -0.05) is 0 Å². The fraction of sp³-hybridized carbons (Fsp3) is 0.714. The van der Waals surface area contributed by atoms with Gasteiger partial charge < -0.3 is 5.11 Å². The van der Waals surface area contributed by atoms with Crippen LogP contribution in [0.1, 0.15) is 13.8 Å². The van der Waals surface area contributed by atoms with Crippen molar-refractivity contribution >= 4 is 21.7 Å². The van der Waals surface area contributed by atoms with Gasteiger partial charge in [0.1, 0.15) is 0 Å². The Morgan fingerprint density at radius 1 is 1.55 bits per heavy atom. The van der Waals surface area contributed by atoms with Crippen LogP contribution >= 0.6 is 10.9 Å². The predicted molar refractivity (Wildman–Crippen MR) is 53.1 cm³/mol. The van der Waals surface area contributed by atoms with Gasteiger partial charge in [-0.15, -0.1) is 0 Å². The number of aliphatic hydroxyl groups excluding tert-OH is 1. The summed E-state index contributed by atoms with van der Waals surface area (Å²) in [5.74, 6) is 3.66. The summed E-state index contributed by atoms with van der Waals surface area (Å²) in [4.78, 5) is 0.930. The number of nitrogens with one attached hydrogen (secondary N) is 2. The second kappa shape index (κ2) is 5.49. The molecule has 11 heavy (non-hydrogen) atoms. The Kier molecular flexibility index (Phi) is 5.41. The molecule has 66 valence electrons. The first-order valence-electron chi connectivity index (χ1n) is 3.52. The molecule has 0 aliphatic rings. The van der Waals surface area contributed by atoms with E-state index in [9.17, 15) is 5.11 Å². The minimum atomic E-state index is -0.423. The number of aliphatic hydroxyl groups is 1. The molecule has 0 aromatic rings. The van der Waals surface area contributed by atoms with Crippen LogP contribution in [0.4, 0.5) is 0 Å². The predicted octanol–water partition coefficient (Wildman–Crippen LogP) is -0.183. The van der Waals surface area contributed by atoms with E-state index < -0.39 is 6.10 Å². The summed E-state index contributed by atoms with van der Waals surface area (Å²) in [7, 11) is 3.14. The summed E-state index contributed by atoms with van der Waals surface area (Å²) >= 11 is 0. The largest absolute Gasteiger partial charge is 0.388 e. The van der Waals surface area contributed by atoms with Crippen molar-refractivity contribution in [2.24, 2.45) is 0 Å². The molecule has 0 heterocycles. The Balaban J connectivity index is 4.16. The third-order valence-corrected chi connectivity index (χ3v) is 2.39. The normalized spacial score (nSPS) is 15.6. The first kappa shape index (κ1) is 10.8. The lowest BCUT2D eigenvalue weighted by molar-refractivity contribution is 0.259. The molecule has 0 spiro atoms. The SMILES string of the molecule is C=S=C(C(C)O)C(C)NNC. The maximum Gasteiger partial charge on any atom is 0.0831 e. The van der Waals surface area contributed by atoms with Crippen LogP contribution in [0.3, 0.4) is 0 Å². The molecule has 0 aliphatic heterocycles. The van der Waals surface area contributed by atoms with Crippen molar-refractivity contribution in [2.45, 2.75) is 26.0 Å². The van der Waals surface area contributed by atoms with Gasteiger partial charge in [-0.2, -0.15) is 10.9 Å². The molecule has 0 aliphatic carbocycles. The summed E-state index contributed by atoms with van der Waals surface area (Å²) in [5.41, 5.74) is 5.78. The second-order valence-corrected chi connectivity index (χ2v) is 3.10. The maximum absolute atomic E-state index is 9.24. The zero-order valence-electron chi connectivity index (χ0n) is 7.22. The van der Waals surface area contributed by atoms with Crippen molar-refractivity contribution in [1.29, 1.82) is 0 Å². The number of hydrogen-bond acceptors (Lipinski definition) is 3. The van der Waals surface area contributed by atoms with Crippen molar-refractivity contribution in [3.63, 3.8) is 0 Å². The molecule has 0 aromatic heterocycles. The summed E-state index contributed by atoms with van der Waals surface area (Å²) in [6.07, 6.45) is -0.423. The van der Waals surface area contributed by atoms with E-state index in [0.717, 1.165) is 4.86 Å². The van der Waals surface area contributed by atoms with E-state index >= 15 is 0 Å². The van der Waals surface area contributed by atoms with Crippen LogP contribution in [-0.4, -0.2) is 35.0 Å². The molecule has 0 amide bonds. The van der Waals surface area contributed by atoms with Gasteiger partial charge in [0.2, 0.25) is 0 Å². The number of hydrogen-bond donors (Lipinski definition) is 3. The summed E-state index contributed by atoms with van der Waals surface area (Å²) in [5, 5.41) is 9.24. The highest BCUT2D eigenvalue weighted by Crippen LogP contribution is 1.95. The van der Waals surface area contributed by atoms with E-state index in [4.69, 9.17) is 0 Å². The molecule has 0 aromatic carbocycles. The van der Waals surface area contributed by atoms with Crippen molar-refractivity contribution in [2.75, 3.05) is 7.05 Å². The lowest BCUT2D eigenvalue weighted by Crippen LogP contribution is -2.44. The molecule has 3 N–H and O–H groups in total. The minimum absolute atomic E-state index is 0.127. The molecular formula is C7H16N2OS. The Labute approximate surface area is 71.3 Å². The number of rotatable bonds is 4. The van der Waals surface area contributed by atoms with Gasteiger partial charge in [-0.3, -0.25) is 10.9 Å². The molecule has 0 saturated carbocycles. The Morgan fingerprint density at radius 2 is 2.09 bits per heavy atom. The van der Waals surface area contributed by atoms with Crippen molar-refractivity contribution in [3.8, 4) is 0 Å². The Morgan fingerprint density at radius 3 is 2.36 bits per heavy atom. The quantitative estimate of drug-likeness (QED) is 0.411. The second-order valence-electron chi connectivity index (χ2n) is 2.34. The van der Waals surface area contributed by atoms with E-state index in [1.165, 1.54) is 10.9 Å². The van der Waals surface area contributed by atoms with E-state index in [0.29, 0.717) is 0 Å². The fourth-order valence-electron chi connectivity index (χ4n) is 0.895. The standard InChI is InChI=1S/C7H16N2OS/c1-5(9-8-3)7(11-4)6(2)10/h5-6,8-10H,4H2,1-3H3. The average Bonchev–Trinajstić information content (AvgIpc) is 1.88. The van der Waals surface area contributed by atoms with Gasteiger partial charge in [0.25, 0.3) is 0 Å². The molecule has 0 rings (SSSR count). The van der Waals surface area contributed by atoms with Crippen molar-refractivity contribution in [1.82, 2.24) is 10.9 Å². The molecule has 2 atom stereocenters.